The lowest BCUT2D eigenvalue weighted by Gasteiger charge is -2.26. The third-order valence-corrected chi connectivity index (χ3v) is 3.55. The van der Waals surface area contributed by atoms with E-state index in [1.807, 2.05) is 0 Å². The van der Waals surface area contributed by atoms with Crippen molar-refractivity contribution in [3.63, 3.8) is 0 Å². The number of aromatic nitrogens is 1. The summed E-state index contributed by atoms with van der Waals surface area (Å²) in [5.41, 5.74) is 0.798. The standard InChI is InChI=1S/C14H20ClFN2/c1-10(2)5-6-18(13-3-4-13)14-11(8-15)7-12(16)9-17-14/h7,9-10,13H,3-6,8H2,1-2H3. The number of alkyl halides is 1. The fraction of sp³-hybridized carbons (Fsp3) is 0.643. The molecule has 0 saturated heterocycles. The van der Waals surface area contributed by atoms with Gasteiger partial charge in [-0.3, -0.25) is 0 Å². The lowest BCUT2D eigenvalue weighted by Crippen LogP contribution is -2.29. The minimum Gasteiger partial charge on any atom is -0.353 e. The molecule has 1 aromatic rings. The second-order valence-electron chi connectivity index (χ2n) is 5.38. The molecule has 4 heteroatoms. The average Bonchev–Trinajstić information content (AvgIpc) is 3.15. The number of pyridine rings is 1. The van der Waals surface area contributed by atoms with Gasteiger partial charge in [-0.05, 0) is 31.2 Å². The van der Waals surface area contributed by atoms with Crippen LogP contribution >= 0.6 is 11.6 Å². The molecule has 0 unspecified atom stereocenters. The lowest BCUT2D eigenvalue weighted by atomic mass is 10.1. The van der Waals surface area contributed by atoms with Crippen LogP contribution in [0.2, 0.25) is 0 Å². The van der Waals surface area contributed by atoms with Crippen molar-refractivity contribution >= 4 is 17.4 Å². The van der Waals surface area contributed by atoms with Crippen LogP contribution in [0.5, 0.6) is 0 Å². The number of hydrogen-bond donors (Lipinski definition) is 0. The first-order chi connectivity index (χ1) is 8.61. The van der Waals surface area contributed by atoms with Crippen LogP contribution < -0.4 is 4.90 Å². The van der Waals surface area contributed by atoms with Crippen LogP contribution in [0.15, 0.2) is 12.3 Å². The summed E-state index contributed by atoms with van der Waals surface area (Å²) in [5.74, 6) is 1.53. The Balaban J connectivity index is 2.19. The number of rotatable bonds is 6. The number of anilines is 1. The van der Waals surface area contributed by atoms with Gasteiger partial charge in [0.2, 0.25) is 0 Å². The summed E-state index contributed by atoms with van der Waals surface area (Å²) < 4.78 is 13.2. The largest absolute Gasteiger partial charge is 0.353 e. The Labute approximate surface area is 113 Å². The van der Waals surface area contributed by atoms with Gasteiger partial charge in [0.15, 0.2) is 0 Å². The van der Waals surface area contributed by atoms with Crippen molar-refractivity contribution in [1.82, 2.24) is 4.98 Å². The van der Waals surface area contributed by atoms with E-state index in [-0.39, 0.29) is 5.82 Å². The summed E-state index contributed by atoms with van der Waals surface area (Å²) in [4.78, 5) is 6.56. The van der Waals surface area contributed by atoms with Crippen molar-refractivity contribution < 1.29 is 4.39 Å². The van der Waals surface area contributed by atoms with Crippen molar-refractivity contribution in [2.75, 3.05) is 11.4 Å². The fourth-order valence-electron chi connectivity index (χ4n) is 2.08. The minimum atomic E-state index is -0.311. The van der Waals surface area contributed by atoms with E-state index in [1.165, 1.54) is 25.1 Å². The molecule has 0 radical (unpaired) electrons. The van der Waals surface area contributed by atoms with Crippen LogP contribution in [-0.2, 0) is 5.88 Å². The highest BCUT2D eigenvalue weighted by molar-refractivity contribution is 6.17. The van der Waals surface area contributed by atoms with E-state index < -0.39 is 0 Å². The highest BCUT2D eigenvalue weighted by atomic mass is 35.5. The highest BCUT2D eigenvalue weighted by Gasteiger charge is 2.31. The van der Waals surface area contributed by atoms with Gasteiger partial charge in [0.05, 0.1) is 12.1 Å². The fourth-order valence-corrected chi connectivity index (χ4v) is 2.27. The van der Waals surface area contributed by atoms with Crippen LogP contribution in [0.25, 0.3) is 0 Å². The molecule has 2 rings (SSSR count). The van der Waals surface area contributed by atoms with Gasteiger partial charge < -0.3 is 4.90 Å². The molecule has 1 aliphatic rings. The maximum Gasteiger partial charge on any atom is 0.141 e. The van der Waals surface area contributed by atoms with E-state index in [9.17, 15) is 4.39 Å². The van der Waals surface area contributed by atoms with Crippen molar-refractivity contribution in [2.24, 2.45) is 5.92 Å². The second kappa shape index (κ2) is 5.87. The molecule has 0 bridgehead atoms. The van der Waals surface area contributed by atoms with E-state index in [0.717, 1.165) is 24.3 Å². The molecule has 1 saturated carbocycles. The average molecular weight is 271 g/mol. The molecular formula is C14H20ClFN2. The van der Waals surface area contributed by atoms with Crippen LogP contribution in [0.4, 0.5) is 10.2 Å². The van der Waals surface area contributed by atoms with Crippen molar-refractivity contribution in [2.45, 2.75) is 45.0 Å². The monoisotopic (exact) mass is 270 g/mol. The summed E-state index contributed by atoms with van der Waals surface area (Å²) in [5, 5.41) is 0. The molecule has 0 aliphatic heterocycles. The van der Waals surface area contributed by atoms with Crippen molar-refractivity contribution in [3.05, 3.63) is 23.6 Å². The first-order valence-electron chi connectivity index (χ1n) is 6.59. The van der Waals surface area contributed by atoms with Gasteiger partial charge in [-0.1, -0.05) is 13.8 Å². The molecule has 1 fully saturated rings. The molecule has 0 aromatic carbocycles. The Morgan fingerprint density at radius 1 is 1.50 bits per heavy atom. The molecule has 18 heavy (non-hydrogen) atoms. The molecule has 0 amide bonds. The summed E-state index contributed by atoms with van der Waals surface area (Å²) in [7, 11) is 0. The molecule has 0 atom stereocenters. The summed E-state index contributed by atoms with van der Waals surface area (Å²) in [6.45, 7) is 5.40. The highest BCUT2D eigenvalue weighted by Crippen LogP contribution is 2.33. The van der Waals surface area contributed by atoms with Gasteiger partial charge in [-0.15, -0.1) is 11.6 Å². The molecular weight excluding hydrogens is 251 g/mol. The van der Waals surface area contributed by atoms with Crippen molar-refractivity contribution in [3.8, 4) is 0 Å². The number of nitrogens with zero attached hydrogens (tertiary/aromatic N) is 2. The summed E-state index contributed by atoms with van der Waals surface area (Å²) in [6, 6.07) is 2.07. The van der Waals surface area contributed by atoms with Crippen LogP contribution in [0.3, 0.4) is 0 Å². The van der Waals surface area contributed by atoms with Gasteiger partial charge in [0, 0.05) is 18.2 Å². The predicted molar refractivity (Wildman–Crippen MR) is 73.6 cm³/mol. The Bertz CT molecular complexity index is 405. The molecule has 0 N–H and O–H groups in total. The van der Waals surface area contributed by atoms with E-state index in [1.54, 1.807) is 0 Å². The van der Waals surface area contributed by atoms with E-state index in [2.05, 4.69) is 23.7 Å². The van der Waals surface area contributed by atoms with Gasteiger partial charge in [-0.2, -0.15) is 0 Å². The van der Waals surface area contributed by atoms with Gasteiger partial charge in [0.1, 0.15) is 11.6 Å². The first-order valence-corrected chi connectivity index (χ1v) is 7.12. The Kier molecular flexibility index (Phi) is 4.44. The summed E-state index contributed by atoms with van der Waals surface area (Å²) in [6.07, 6.45) is 4.82. The zero-order valence-electron chi connectivity index (χ0n) is 11.0. The SMILES string of the molecule is CC(C)CCN(c1ncc(F)cc1CCl)C1CC1. The third-order valence-electron chi connectivity index (χ3n) is 3.26. The van der Waals surface area contributed by atoms with Crippen LogP contribution in [0, 0.1) is 11.7 Å². The first kappa shape index (κ1) is 13.6. The number of halogens is 2. The molecule has 100 valence electrons. The van der Waals surface area contributed by atoms with Crippen LogP contribution in [-0.4, -0.2) is 17.6 Å². The Morgan fingerprint density at radius 2 is 2.22 bits per heavy atom. The second-order valence-corrected chi connectivity index (χ2v) is 5.64. The Hall–Kier alpha value is -0.830. The zero-order chi connectivity index (χ0) is 13.1. The molecule has 1 aromatic heterocycles. The van der Waals surface area contributed by atoms with Gasteiger partial charge in [0.25, 0.3) is 0 Å². The smallest absolute Gasteiger partial charge is 0.141 e. The molecule has 1 aliphatic carbocycles. The van der Waals surface area contributed by atoms with E-state index in [4.69, 9.17) is 11.6 Å². The van der Waals surface area contributed by atoms with E-state index in [0.29, 0.717) is 17.8 Å². The zero-order valence-corrected chi connectivity index (χ0v) is 11.8. The van der Waals surface area contributed by atoms with E-state index >= 15 is 0 Å². The normalized spacial score (nSPS) is 15.2. The van der Waals surface area contributed by atoms with Crippen LogP contribution in [0.1, 0.15) is 38.7 Å². The van der Waals surface area contributed by atoms with Crippen molar-refractivity contribution in [1.29, 1.82) is 0 Å². The van der Waals surface area contributed by atoms with Gasteiger partial charge >= 0.3 is 0 Å². The predicted octanol–water partition coefficient (Wildman–Crippen LogP) is 3.97. The number of hydrogen-bond acceptors (Lipinski definition) is 2. The van der Waals surface area contributed by atoms with Gasteiger partial charge in [-0.25, -0.2) is 9.37 Å². The minimum absolute atomic E-state index is 0.311. The maximum absolute atomic E-state index is 13.2. The molecule has 2 nitrogen and oxygen atoms in total. The molecule has 0 spiro atoms. The third kappa shape index (κ3) is 3.35. The maximum atomic E-state index is 13.2. The Morgan fingerprint density at radius 3 is 2.78 bits per heavy atom. The topological polar surface area (TPSA) is 16.1 Å². The quantitative estimate of drug-likeness (QED) is 0.727. The lowest BCUT2D eigenvalue weighted by molar-refractivity contribution is 0.566. The molecule has 1 heterocycles. The summed E-state index contributed by atoms with van der Waals surface area (Å²) >= 11 is 5.90.